The number of rotatable bonds is 5. The summed E-state index contributed by atoms with van der Waals surface area (Å²) >= 11 is 0. The van der Waals surface area contributed by atoms with Crippen LogP contribution in [0.5, 0.6) is 5.75 Å². The smallest absolute Gasteiger partial charge is 0.194 e. The largest absolute Gasteiger partial charge is 0.497 e. The first-order valence-corrected chi connectivity index (χ1v) is 11.0. The molecule has 7 nitrogen and oxygen atoms in total. The summed E-state index contributed by atoms with van der Waals surface area (Å²) in [5.41, 5.74) is 3.77. The number of morpholine rings is 1. The molecule has 4 rings (SSSR count). The molecule has 1 N–H and O–H groups in total. The zero-order valence-corrected chi connectivity index (χ0v) is 21.3. The summed E-state index contributed by atoms with van der Waals surface area (Å²) in [6, 6.07) is 17.1. The summed E-state index contributed by atoms with van der Waals surface area (Å²) in [7, 11) is 3.56. The number of nitrogens with zero attached hydrogens (tertiary/aromatic N) is 4. The lowest BCUT2D eigenvalue weighted by Crippen LogP contribution is -2.52. The van der Waals surface area contributed by atoms with Crippen LogP contribution in [0.15, 0.2) is 53.5 Å². The van der Waals surface area contributed by atoms with E-state index in [1.807, 2.05) is 19.2 Å². The van der Waals surface area contributed by atoms with Crippen LogP contribution in [0, 0.1) is 0 Å². The minimum Gasteiger partial charge on any atom is -0.497 e. The third-order valence-electron chi connectivity index (χ3n) is 5.99. The molecule has 0 radical (unpaired) electrons. The molecule has 0 bridgehead atoms. The number of aliphatic imine (C=N–C) groups is 1. The standard InChI is InChI=1S/C24H33N5O2.HI/c1-25-24(26-19-20-3-5-21(6-4-20)28-15-17-31-18-16-28)29-13-11-27(12-14-29)22-7-9-23(30-2)10-8-22;/h3-10H,11-19H2,1-2H3,(H,25,26);1H. The highest BCUT2D eigenvalue weighted by Crippen LogP contribution is 2.21. The Hall–Kier alpha value is -2.20. The molecule has 0 atom stereocenters. The molecule has 32 heavy (non-hydrogen) atoms. The van der Waals surface area contributed by atoms with Gasteiger partial charge >= 0.3 is 0 Å². The number of ether oxygens (including phenoxy) is 2. The molecule has 8 heteroatoms. The van der Waals surface area contributed by atoms with Crippen molar-refractivity contribution in [3.63, 3.8) is 0 Å². The van der Waals surface area contributed by atoms with Gasteiger partial charge in [0.2, 0.25) is 0 Å². The zero-order valence-electron chi connectivity index (χ0n) is 19.0. The van der Waals surface area contributed by atoms with Crippen molar-refractivity contribution in [3.8, 4) is 5.75 Å². The Kier molecular flexibility index (Phi) is 9.28. The van der Waals surface area contributed by atoms with Crippen LogP contribution in [0.2, 0.25) is 0 Å². The molecular weight excluding hydrogens is 517 g/mol. The molecule has 0 aromatic heterocycles. The number of anilines is 2. The maximum Gasteiger partial charge on any atom is 0.194 e. The van der Waals surface area contributed by atoms with Gasteiger partial charge in [-0.2, -0.15) is 0 Å². The van der Waals surface area contributed by atoms with Gasteiger partial charge in [0, 0.05) is 64.2 Å². The lowest BCUT2D eigenvalue weighted by Gasteiger charge is -2.37. The van der Waals surface area contributed by atoms with Crippen molar-refractivity contribution < 1.29 is 9.47 Å². The first-order chi connectivity index (χ1) is 15.3. The van der Waals surface area contributed by atoms with Crippen LogP contribution < -0.4 is 19.9 Å². The minimum absolute atomic E-state index is 0. The fraction of sp³-hybridized carbons (Fsp3) is 0.458. The SMILES string of the molecule is CN=C(NCc1ccc(N2CCOCC2)cc1)N1CCN(c2ccc(OC)cc2)CC1.I. The van der Waals surface area contributed by atoms with E-state index in [0.717, 1.165) is 70.7 Å². The maximum absolute atomic E-state index is 5.44. The number of hydrogen-bond acceptors (Lipinski definition) is 5. The van der Waals surface area contributed by atoms with E-state index < -0.39 is 0 Å². The first-order valence-electron chi connectivity index (χ1n) is 11.0. The van der Waals surface area contributed by atoms with E-state index in [2.05, 4.69) is 61.4 Å². The van der Waals surface area contributed by atoms with Gasteiger partial charge in [-0.15, -0.1) is 24.0 Å². The van der Waals surface area contributed by atoms with Crippen LogP contribution in [-0.4, -0.2) is 77.5 Å². The molecule has 2 aliphatic rings. The molecule has 0 saturated carbocycles. The summed E-state index contributed by atoms with van der Waals surface area (Å²) < 4.78 is 10.7. The number of piperazine rings is 1. The highest BCUT2D eigenvalue weighted by atomic mass is 127. The second kappa shape index (κ2) is 12.2. The average Bonchev–Trinajstić information content (AvgIpc) is 2.86. The number of halogens is 1. The second-order valence-corrected chi connectivity index (χ2v) is 7.84. The number of hydrogen-bond donors (Lipinski definition) is 1. The van der Waals surface area contributed by atoms with Gasteiger partial charge in [-0.25, -0.2) is 0 Å². The highest BCUT2D eigenvalue weighted by molar-refractivity contribution is 14.0. The lowest BCUT2D eigenvalue weighted by atomic mass is 10.2. The number of methoxy groups -OCH3 is 1. The van der Waals surface area contributed by atoms with Gasteiger partial charge < -0.3 is 29.5 Å². The van der Waals surface area contributed by atoms with Crippen LogP contribution in [0.25, 0.3) is 0 Å². The van der Waals surface area contributed by atoms with Crippen molar-refractivity contribution in [3.05, 3.63) is 54.1 Å². The Morgan fingerprint density at radius 1 is 0.875 bits per heavy atom. The normalized spacial score (nSPS) is 17.1. The van der Waals surface area contributed by atoms with Crippen molar-refractivity contribution in [2.45, 2.75) is 6.54 Å². The quantitative estimate of drug-likeness (QED) is 0.351. The number of benzene rings is 2. The molecule has 2 aromatic carbocycles. The van der Waals surface area contributed by atoms with Crippen molar-refractivity contribution in [2.75, 3.05) is 76.4 Å². The Morgan fingerprint density at radius 3 is 2.00 bits per heavy atom. The second-order valence-electron chi connectivity index (χ2n) is 7.84. The summed E-state index contributed by atoms with van der Waals surface area (Å²) in [6.07, 6.45) is 0. The fourth-order valence-electron chi connectivity index (χ4n) is 4.13. The monoisotopic (exact) mass is 551 g/mol. The van der Waals surface area contributed by atoms with Gasteiger partial charge in [0.25, 0.3) is 0 Å². The van der Waals surface area contributed by atoms with Gasteiger partial charge in [-0.05, 0) is 42.0 Å². The molecule has 2 saturated heterocycles. The Morgan fingerprint density at radius 2 is 1.44 bits per heavy atom. The first kappa shape index (κ1) is 24.4. The van der Waals surface area contributed by atoms with Crippen LogP contribution >= 0.6 is 24.0 Å². The van der Waals surface area contributed by atoms with Crippen molar-refractivity contribution in [1.82, 2.24) is 10.2 Å². The van der Waals surface area contributed by atoms with E-state index in [0.29, 0.717) is 0 Å². The third kappa shape index (κ3) is 6.19. The van der Waals surface area contributed by atoms with E-state index in [4.69, 9.17) is 9.47 Å². The van der Waals surface area contributed by atoms with Gasteiger partial charge in [-0.3, -0.25) is 4.99 Å². The molecule has 0 amide bonds. The minimum atomic E-state index is 0. The lowest BCUT2D eigenvalue weighted by molar-refractivity contribution is 0.122. The number of guanidine groups is 1. The summed E-state index contributed by atoms with van der Waals surface area (Å²) in [6.45, 7) is 8.16. The van der Waals surface area contributed by atoms with Crippen molar-refractivity contribution >= 4 is 41.3 Å². The van der Waals surface area contributed by atoms with Crippen LogP contribution in [-0.2, 0) is 11.3 Å². The Balaban J connectivity index is 0.00000289. The predicted octanol–water partition coefficient (Wildman–Crippen LogP) is 3.05. The van der Waals surface area contributed by atoms with Crippen LogP contribution in [0.3, 0.4) is 0 Å². The predicted molar refractivity (Wildman–Crippen MR) is 142 cm³/mol. The molecule has 0 unspecified atom stereocenters. The number of nitrogens with one attached hydrogen (secondary N) is 1. The van der Waals surface area contributed by atoms with Gasteiger partial charge in [-0.1, -0.05) is 12.1 Å². The molecule has 0 aliphatic carbocycles. The Bertz CT molecular complexity index is 846. The van der Waals surface area contributed by atoms with Crippen molar-refractivity contribution in [2.24, 2.45) is 4.99 Å². The summed E-state index contributed by atoms with van der Waals surface area (Å²) in [4.78, 5) is 11.6. The molecule has 2 aromatic rings. The van der Waals surface area contributed by atoms with Gasteiger partial charge in [0.1, 0.15) is 5.75 Å². The van der Waals surface area contributed by atoms with E-state index in [1.165, 1.54) is 16.9 Å². The zero-order chi connectivity index (χ0) is 21.5. The fourth-order valence-corrected chi connectivity index (χ4v) is 4.13. The summed E-state index contributed by atoms with van der Waals surface area (Å²) in [5.74, 6) is 1.86. The summed E-state index contributed by atoms with van der Waals surface area (Å²) in [5, 5.41) is 3.53. The molecule has 174 valence electrons. The topological polar surface area (TPSA) is 52.6 Å². The maximum atomic E-state index is 5.44. The van der Waals surface area contributed by atoms with Crippen LogP contribution in [0.1, 0.15) is 5.56 Å². The van der Waals surface area contributed by atoms with Gasteiger partial charge in [0.15, 0.2) is 5.96 Å². The molecular formula is C24H34IN5O2. The molecule has 0 spiro atoms. The van der Waals surface area contributed by atoms with E-state index in [1.54, 1.807) is 7.11 Å². The molecule has 2 aliphatic heterocycles. The molecule has 2 fully saturated rings. The highest BCUT2D eigenvalue weighted by Gasteiger charge is 2.20. The van der Waals surface area contributed by atoms with Crippen LogP contribution in [0.4, 0.5) is 11.4 Å². The van der Waals surface area contributed by atoms with Crippen molar-refractivity contribution in [1.29, 1.82) is 0 Å². The van der Waals surface area contributed by atoms with E-state index in [9.17, 15) is 0 Å². The average molecular weight is 551 g/mol. The third-order valence-corrected chi connectivity index (χ3v) is 5.99. The molecule has 2 heterocycles. The Labute approximate surface area is 208 Å². The van der Waals surface area contributed by atoms with E-state index in [-0.39, 0.29) is 24.0 Å². The van der Waals surface area contributed by atoms with E-state index >= 15 is 0 Å². The van der Waals surface area contributed by atoms with Gasteiger partial charge in [0.05, 0.1) is 20.3 Å².